The molecule has 1 heterocycles. The summed E-state index contributed by atoms with van der Waals surface area (Å²) in [6.45, 7) is -0.162. The van der Waals surface area contributed by atoms with E-state index in [-0.39, 0.29) is 19.0 Å². The standard InChI is InChI=1S/C11H11FN2O2/c12-8-6-9(13)7-2-1-3-14-10(7)11(8)16-5-4-15/h1-3,6,15H,4-5,13H2. The average molecular weight is 222 g/mol. The minimum atomic E-state index is -0.572. The van der Waals surface area contributed by atoms with E-state index in [0.29, 0.717) is 16.6 Å². The first kappa shape index (κ1) is 10.6. The number of hydrogen-bond acceptors (Lipinski definition) is 4. The first-order valence-corrected chi connectivity index (χ1v) is 4.80. The highest BCUT2D eigenvalue weighted by Crippen LogP contribution is 2.31. The van der Waals surface area contributed by atoms with Crippen LogP contribution in [0.25, 0.3) is 10.9 Å². The molecule has 0 amide bonds. The predicted octanol–water partition coefficient (Wildman–Crippen LogP) is 1.33. The summed E-state index contributed by atoms with van der Waals surface area (Å²) < 4.78 is 18.7. The first-order chi connectivity index (χ1) is 7.74. The molecule has 0 aliphatic rings. The zero-order chi connectivity index (χ0) is 11.5. The van der Waals surface area contributed by atoms with Crippen molar-refractivity contribution >= 4 is 16.6 Å². The van der Waals surface area contributed by atoms with Gasteiger partial charge in [0.15, 0.2) is 11.6 Å². The van der Waals surface area contributed by atoms with Crippen molar-refractivity contribution in [2.45, 2.75) is 0 Å². The Morgan fingerprint density at radius 2 is 2.31 bits per heavy atom. The van der Waals surface area contributed by atoms with Gasteiger partial charge in [0.05, 0.1) is 6.61 Å². The average Bonchev–Trinajstić information content (AvgIpc) is 2.29. The fraction of sp³-hybridized carbons (Fsp3) is 0.182. The van der Waals surface area contributed by atoms with Gasteiger partial charge in [-0.3, -0.25) is 4.98 Å². The van der Waals surface area contributed by atoms with Crippen LogP contribution in [-0.2, 0) is 0 Å². The number of halogens is 1. The maximum Gasteiger partial charge on any atom is 0.181 e. The lowest BCUT2D eigenvalue weighted by molar-refractivity contribution is 0.198. The molecule has 1 aromatic heterocycles. The second-order valence-corrected chi connectivity index (χ2v) is 3.25. The van der Waals surface area contributed by atoms with E-state index in [4.69, 9.17) is 15.6 Å². The van der Waals surface area contributed by atoms with Gasteiger partial charge in [0, 0.05) is 23.3 Å². The molecule has 3 N–H and O–H groups in total. The van der Waals surface area contributed by atoms with Crippen LogP contribution in [0.2, 0.25) is 0 Å². The molecule has 0 atom stereocenters. The second kappa shape index (κ2) is 4.32. The van der Waals surface area contributed by atoms with Crippen LogP contribution in [0.1, 0.15) is 0 Å². The van der Waals surface area contributed by atoms with Crippen molar-refractivity contribution in [1.82, 2.24) is 4.98 Å². The minimum Gasteiger partial charge on any atom is -0.486 e. The van der Waals surface area contributed by atoms with Crippen LogP contribution in [0.4, 0.5) is 10.1 Å². The molecule has 84 valence electrons. The summed E-state index contributed by atoms with van der Waals surface area (Å²) in [5.74, 6) is -0.545. The Morgan fingerprint density at radius 3 is 3.06 bits per heavy atom. The number of benzene rings is 1. The van der Waals surface area contributed by atoms with Crippen LogP contribution < -0.4 is 10.5 Å². The number of hydrogen-bond donors (Lipinski definition) is 2. The van der Waals surface area contributed by atoms with Crippen molar-refractivity contribution in [2.24, 2.45) is 0 Å². The van der Waals surface area contributed by atoms with Crippen LogP contribution in [0.3, 0.4) is 0 Å². The fourth-order valence-electron chi connectivity index (χ4n) is 1.50. The first-order valence-electron chi connectivity index (χ1n) is 4.80. The number of aliphatic hydroxyl groups excluding tert-OH is 1. The molecule has 2 aromatic rings. The Morgan fingerprint density at radius 1 is 1.50 bits per heavy atom. The number of anilines is 1. The molecule has 0 bridgehead atoms. The molecule has 0 saturated heterocycles. The van der Waals surface area contributed by atoms with Crippen LogP contribution in [0.5, 0.6) is 5.75 Å². The van der Waals surface area contributed by atoms with Crippen molar-refractivity contribution in [2.75, 3.05) is 18.9 Å². The maximum absolute atomic E-state index is 13.6. The number of rotatable bonds is 3. The number of ether oxygens (including phenoxy) is 1. The molecule has 0 unspecified atom stereocenters. The van der Waals surface area contributed by atoms with Crippen LogP contribution >= 0.6 is 0 Å². The zero-order valence-corrected chi connectivity index (χ0v) is 8.48. The summed E-state index contributed by atoms with van der Waals surface area (Å²) in [4.78, 5) is 4.03. The molecule has 1 aromatic carbocycles. The topological polar surface area (TPSA) is 68.4 Å². The van der Waals surface area contributed by atoms with E-state index in [2.05, 4.69) is 4.98 Å². The third-order valence-corrected chi connectivity index (χ3v) is 2.17. The van der Waals surface area contributed by atoms with Gasteiger partial charge in [-0.1, -0.05) is 0 Å². The number of aliphatic hydroxyl groups is 1. The highest BCUT2D eigenvalue weighted by Gasteiger charge is 2.12. The molecule has 16 heavy (non-hydrogen) atoms. The van der Waals surface area contributed by atoms with Crippen molar-refractivity contribution in [3.63, 3.8) is 0 Å². The number of nitrogens with zero attached hydrogens (tertiary/aromatic N) is 1. The molecule has 0 fully saturated rings. The smallest absolute Gasteiger partial charge is 0.181 e. The molecular weight excluding hydrogens is 211 g/mol. The van der Waals surface area contributed by atoms with Gasteiger partial charge < -0.3 is 15.6 Å². The van der Waals surface area contributed by atoms with E-state index >= 15 is 0 Å². The number of pyridine rings is 1. The molecule has 2 rings (SSSR count). The Labute approximate surface area is 91.5 Å². The molecular formula is C11H11FN2O2. The Kier molecular flexibility index (Phi) is 2.87. The summed E-state index contributed by atoms with van der Waals surface area (Å²) in [5.41, 5.74) is 6.36. The molecule has 0 radical (unpaired) electrons. The van der Waals surface area contributed by atoms with Gasteiger partial charge >= 0.3 is 0 Å². The molecule has 0 saturated carbocycles. The van der Waals surface area contributed by atoms with E-state index in [9.17, 15) is 4.39 Å². The summed E-state index contributed by atoms with van der Waals surface area (Å²) >= 11 is 0. The van der Waals surface area contributed by atoms with E-state index in [1.54, 1.807) is 12.1 Å². The van der Waals surface area contributed by atoms with Gasteiger partial charge in [-0.05, 0) is 12.1 Å². The second-order valence-electron chi connectivity index (χ2n) is 3.25. The summed E-state index contributed by atoms with van der Waals surface area (Å²) in [7, 11) is 0. The minimum absolute atomic E-state index is 0.0203. The molecule has 0 aliphatic heterocycles. The quantitative estimate of drug-likeness (QED) is 0.769. The van der Waals surface area contributed by atoms with Gasteiger partial charge in [-0.25, -0.2) is 4.39 Å². The lowest BCUT2D eigenvalue weighted by Crippen LogP contribution is -2.05. The van der Waals surface area contributed by atoms with Crippen LogP contribution in [0, 0.1) is 5.82 Å². The number of nitrogen functional groups attached to an aromatic ring is 1. The number of nitrogens with two attached hydrogens (primary N) is 1. The number of aromatic nitrogens is 1. The van der Waals surface area contributed by atoms with Crippen molar-refractivity contribution in [1.29, 1.82) is 0 Å². The van der Waals surface area contributed by atoms with Crippen molar-refractivity contribution < 1.29 is 14.2 Å². The summed E-state index contributed by atoms with van der Waals surface area (Å²) in [6.07, 6.45) is 1.53. The van der Waals surface area contributed by atoms with Crippen molar-refractivity contribution in [3.05, 3.63) is 30.2 Å². The van der Waals surface area contributed by atoms with E-state index in [1.807, 2.05) is 0 Å². The fourth-order valence-corrected chi connectivity index (χ4v) is 1.50. The van der Waals surface area contributed by atoms with Crippen LogP contribution in [-0.4, -0.2) is 23.3 Å². The zero-order valence-electron chi connectivity index (χ0n) is 8.48. The third-order valence-electron chi connectivity index (χ3n) is 2.17. The predicted molar refractivity (Wildman–Crippen MR) is 58.7 cm³/mol. The van der Waals surface area contributed by atoms with Gasteiger partial charge in [-0.15, -0.1) is 0 Å². The highest BCUT2D eigenvalue weighted by molar-refractivity contribution is 5.94. The van der Waals surface area contributed by atoms with E-state index < -0.39 is 5.82 Å². The van der Waals surface area contributed by atoms with Gasteiger partial charge in [0.2, 0.25) is 0 Å². The molecule has 5 heteroatoms. The number of fused-ring (bicyclic) bond motifs is 1. The van der Waals surface area contributed by atoms with Gasteiger partial charge in [-0.2, -0.15) is 0 Å². The SMILES string of the molecule is Nc1cc(F)c(OCCO)c2ncccc12. The lowest BCUT2D eigenvalue weighted by Gasteiger charge is -2.10. The Hall–Kier alpha value is -1.88. The highest BCUT2D eigenvalue weighted by atomic mass is 19.1. The molecule has 4 nitrogen and oxygen atoms in total. The molecule has 0 spiro atoms. The lowest BCUT2D eigenvalue weighted by atomic mass is 10.1. The van der Waals surface area contributed by atoms with Gasteiger partial charge in [0.25, 0.3) is 0 Å². The largest absolute Gasteiger partial charge is 0.486 e. The van der Waals surface area contributed by atoms with E-state index in [0.717, 1.165) is 0 Å². The molecule has 0 aliphatic carbocycles. The van der Waals surface area contributed by atoms with Crippen molar-refractivity contribution in [3.8, 4) is 5.75 Å². The van der Waals surface area contributed by atoms with Crippen LogP contribution in [0.15, 0.2) is 24.4 Å². The monoisotopic (exact) mass is 222 g/mol. The summed E-state index contributed by atoms with van der Waals surface area (Å²) in [5, 5.41) is 9.29. The third kappa shape index (κ3) is 1.77. The Balaban J connectivity index is 2.61. The van der Waals surface area contributed by atoms with Gasteiger partial charge in [0.1, 0.15) is 12.1 Å². The maximum atomic E-state index is 13.6. The van der Waals surface area contributed by atoms with E-state index in [1.165, 1.54) is 12.3 Å². The normalized spacial score (nSPS) is 10.6. The summed E-state index contributed by atoms with van der Waals surface area (Å²) in [6, 6.07) is 4.64. The Bertz CT molecular complexity index is 517.